The molecule has 14 rings (SSSR count). The molecule has 1 atom stereocenters. The van der Waals surface area contributed by atoms with Crippen LogP contribution in [-0.2, 0) is 12.5 Å². The summed E-state index contributed by atoms with van der Waals surface area (Å²) in [5, 5.41) is 2.34. The lowest BCUT2D eigenvalue weighted by Crippen LogP contribution is -2.84. The Balaban J connectivity index is 1.32. The fourth-order valence-corrected chi connectivity index (χ4v) is 10.8. The Morgan fingerprint density at radius 3 is 2.24 bits per heavy atom. The smallest absolute Gasteiger partial charge is 0.351 e. The Hall–Kier alpha value is -6.57. The quantitative estimate of drug-likeness (QED) is 0.125. The van der Waals surface area contributed by atoms with E-state index in [9.17, 15) is 0 Å². The molecule has 6 aromatic carbocycles. The number of nitrogens with zero attached hydrogens (tertiary/aromatic N) is 6. The van der Waals surface area contributed by atoms with Gasteiger partial charge in [0.2, 0.25) is 5.52 Å². The minimum absolute atomic E-state index is 0.288. The first kappa shape index (κ1) is 24.6. The average molecular weight is 642 g/mol. The van der Waals surface area contributed by atoms with Crippen molar-refractivity contribution in [3.05, 3.63) is 156 Å². The number of quaternary nitrogens is 1. The Morgan fingerprint density at radius 1 is 0.660 bits per heavy atom. The molecule has 3 aromatic heterocycles. The van der Waals surface area contributed by atoms with Crippen LogP contribution in [-0.4, -0.2) is 14.1 Å². The third-order valence-corrected chi connectivity index (χ3v) is 12.4. The van der Waals surface area contributed by atoms with Gasteiger partial charge in [-0.1, -0.05) is 84.9 Å². The van der Waals surface area contributed by atoms with Gasteiger partial charge >= 0.3 is 11.5 Å². The van der Waals surface area contributed by atoms with Crippen molar-refractivity contribution in [2.24, 2.45) is 7.05 Å². The molecule has 7 nitrogen and oxygen atoms in total. The molecule has 4 aliphatic heterocycles. The van der Waals surface area contributed by atoms with Crippen LogP contribution in [0.3, 0.4) is 0 Å². The second-order valence-corrected chi connectivity index (χ2v) is 14.2. The molecule has 7 heteroatoms. The Morgan fingerprint density at radius 2 is 1.38 bits per heavy atom. The molecule has 2 spiro atoms. The van der Waals surface area contributed by atoms with Crippen molar-refractivity contribution < 1.29 is 14.1 Å². The Bertz CT molecular complexity index is 3120. The summed E-state index contributed by atoms with van der Waals surface area (Å²) in [6.45, 7) is 0. The van der Waals surface area contributed by atoms with E-state index in [-0.39, 0.29) is 4.70 Å². The van der Waals surface area contributed by atoms with Crippen LogP contribution < -0.4 is 18.8 Å². The van der Waals surface area contributed by atoms with Crippen LogP contribution in [0.4, 0.5) is 11.4 Å². The second-order valence-electron chi connectivity index (χ2n) is 14.2. The molecule has 5 aliphatic rings. The van der Waals surface area contributed by atoms with Crippen molar-refractivity contribution in [2.45, 2.75) is 5.41 Å². The average Bonchev–Trinajstić information content (AvgIpc) is 3.86. The Labute approximate surface area is 284 Å². The van der Waals surface area contributed by atoms with Gasteiger partial charge in [-0.15, -0.1) is 4.98 Å². The molecule has 0 bridgehead atoms. The normalized spacial score (nSPS) is 18.1. The predicted octanol–water partition coefficient (Wildman–Crippen LogP) is 7.89. The zero-order chi connectivity index (χ0) is 32.2. The zero-order valence-corrected chi connectivity index (χ0v) is 26.8. The third kappa shape index (κ3) is 2.15. The van der Waals surface area contributed by atoms with Crippen LogP contribution in [0, 0.1) is 0 Å². The summed E-state index contributed by atoms with van der Waals surface area (Å²) >= 11 is 0. The molecule has 50 heavy (non-hydrogen) atoms. The molecule has 0 radical (unpaired) electrons. The number of hydrogen-bond acceptors (Lipinski definition) is 2. The summed E-state index contributed by atoms with van der Waals surface area (Å²) in [4.78, 5) is 5.04. The van der Waals surface area contributed by atoms with Crippen LogP contribution in [0.25, 0.3) is 61.2 Å². The van der Waals surface area contributed by atoms with Crippen molar-refractivity contribution >= 4 is 44.3 Å². The van der Waals surface area contributed by atoms with E-state index in [1.807, 2.05) is 6.33 Å². The number of fused-ring (bicyclic) bond motifs is 12. The molecular formula is C43H25N6O+3. The molecule has 0 saturated carbocycles. The van der Waals surface area contributed by atoms with Gasteiger partial charge in [0.1, 0.15) is 17.3 Å². The van der Waals surface area contributed by atoms with E-state index >= 15 is 0 Å². The van der Waals surface area contributed by atoms with E-state index in [1.54, 1.807) is 0 Å². The number of aromatic nitrogens is 5. The van der Waals surface area contributed by atoms with Gasteiger partial charge in [-0.05, 0) is 68.0 Å². The third-order valence-electron chi connectivity index (χ3n) is 12.4. The summed E-state index contributed by atoms with van der Waals surface area (Å²) in [5.41, 5.74) is 16.5. The van der Waals surface area contributed by atoms with Crippen molar-refractivity contribution in [1.29, 1.82) is 0 Å². The molecule has 0 fully saturated rings. The highest BCUT2D eigenvalue weighted by atomic mass is 16.5. The van der Waals surface area contributed by atoms with Gasteiger partial charge in [-0.2, -0.15) is 0 Å². The van der Waals surface area contributed by atoms with E-state index in [0.717, 1.165) is 50.8 Å². The van der Waals surface area contributed by atoms with E-state index in [0.29, 0.717) is 0 Å². The van der Waals surface area contributed by atoms with Crippen LogP contribution in [0.5, 0.6) is 11.5 Å². The Kier molecular flexibility index (Phi) is 3.69. The summed E-state index contributed by atoms with van der Waals surface area (Å²) in [7, 11) is 2.19. The van der Waals surface area contributed by atoms with Crippen LogP contribution in [0.1, 0.15) is 22.3 Å². The summed E-state index contributed by atoms with van der Waals surface area (Å²) in [5.74, 6) is 2.85. The van der Waals surface area contributed by atoms with Gasteiger partial charge in [-0.3, -0.25) is 0 Å². The fourth-order valence-electron chi connectivity index (χ4n) is 10.8. The highest BCUT2D eigenvalue weighted by molar-refractivity contribution is 6.12. The zero-order valence-electron chi connectivity index (χ0n) is 26.8. The van der Waals surface area contributed by atoms with Gasteiger partial charge < -0.3 is 4.74 Å². The second kappa shape index (κ2) is 7.52. The molecule has 0 saturated heterocycles. The number of rotatable bonds is 0. The summed E-state index contributed by atoms with van der Waals surface area (Å²) in [6.07, 6.45) is 4.10. The number of para-hydroxylation sites is 4. The van der Waals surface area contributed by atoms with Crippen molar-refractivity contribution in [1.82, 2.24) is 18.8 Å². The topological polar surface area (TPSA) is 39.7 Å². The number of hydrogen-bond donors (Lipinski definition) is 0. The fraction of sp³-hybridized carbons (Fsp3) is 0.0465. The molecule has 1 unspecified atom stereocenters. The van der Waals surface area contributed by atoms with Gasteiger partial charge in [0.05, 0.1) is 22.5 Å². The standard InChI is InChI=1S/C43H25N6O/c1-45-33-17-6-7-18-34(33)48-41(45)27-13-9-19-35-39(27)49(48)40-36(50-35)21-20-32-38(40)47-37-26(28-22-44-23-46(49)42(28)47)12-8-16-31(37)43(32)29-14-4-2-10-24(29)25-11-3-5-15-30(25)43/h2-23H,1H3/q+3. The van der Waals surface area contributed by atoms with Gasteiger partial charge in [0, 0.05) is 16.5 Å². The van der Waals surface area contributed by atoms with Crippen LogP contribution in [0.15, 0.2) is 134 Å². The molecule has 9 aromatic rings. The minimum Gasteiger partial charge on any atom is -0.444 e. The molecule has 7 heterocycles. The highest BCUT2D eigenvalue weighted by Gasteiger charge is 2.70. The van der Waals surface area contributed by atoms with Crippen LogP contribution >= 0.6 is 0 Å². The molecule has 0 amide bonds. The first-order valence-corrected chi connectivity index (χ1v) is 17.2. The maximum atomic E-state index is 7.04. The maximum absolute atomic E-state index is 7.04. The number of ether oxygens (including phenoxy) is 1. The molecular weight excluding hydrogens is 617 g/mol. The molecule has 1 aliphatic carbocycles. The monoisotopic (exact) mass is 641 g/mol. The SMILES string of the molecule is Cn1c2[n+](c3ccccc31)[N+]13c4c(cccc4-2)Oc2ccc4c(c21)-n1c2c(cccc2c2cnc[n+]3c21)C41c2ccccc2-c2ccccc21. The van der Waals surface area contributed by atoms with E-state index in [1.165, 1.54) is 55.5 Å². The van der Waals surface area contributed by atoms with Gasteiger partial charge in [0.25, 0.3) is 17.7 Å². The molecule has 0 N–H and O–H groups in total. The van der Waals surface area contributed by atoms with E-state index in [2.05, 4.69) is 153 Å². The maximum Gasteiger partial charge on any atom is 0.351 e. The largest absolute Gasteiger partial charge is 0.444 e. The van der Waals surface area contributed by atoms with Crippen molar-refractivity contribution in [3.8, 4) is 39.7 Å². The van der Waals surface area contributed by atoms with Gasteiger partial charge in [0.15, 0.2) is 22.7 Å². The minimum atomic E-state index is -0.535. The molecule has 230 valence electrons. The lowest BCUT2D eigenvalue weighted by molar-refractivity contribution is -1.01. The van der Waals surface area contributed by atoms with Gasteiger partial charge in [-0.25, -0.2) is 9.13 Å². The number of benzene rings is 6. The van der Waals surface area contributed by atoms with Crippen molar-refractivity contribution in [3.63, 3.8) is 0 Å². The lowest BCUT2D eigenvalue weighted by Gasteiger charge is -2.41. The van der Waals surface area contributed by atoms with Crippen LogP contribution in [0.2, 0.25) is 0 Å². The summed E-state index contributed by atoms with van der Waals surface area (Å²) < 4.78 is 17.1. The predicted molar refractivity (Wildman–Crippen MR) is 191 cm³/mol. The first-order chi connectivity index (χ1) is 24.8. The lowest BCUT2D eigenvalue weighted by atomic mass is 9.65. The number of aryl methyl sites for hydroxylation is 1. The first-order valence-electron chi connectivity index (χ1n) is 17.2. The van der Waals surface area contributed by atoms with Crippen molar-refractivity contribution in [2.75, 3.05) is 0 Å². The summed E-state index contributed by atoms with van der Waals surface area (Å²) in [6, 6.07) is 44.8. The van der Waals surface area contributed by atoms with E-state index in [4.69, 9.17) is 9.72 Å². The number of imidazole rings is 1. The van der Waals surface area contributed by atoms with E-state index < -0.39 is 5.41 Å². The highest BCUT2D eigenvalue weighted by Crippen LogP contribution is 2.66.